The van der Waals surface area contributed by atoms with Crippen LogP contribution in [-0.2, 0) is 19.1 Å². The third-order valence-electron chi connectivity index (χ3n) is 5.18. The van der Waals surface area contributed by atoms with Gasteiger partial charge in [0.1, 0.15) is 11.5 Å². The minimum Gasteiger partial charge on any atom is -0.365 e. The van der Waals surface area contributed by atoms with Crippen molar-refractivity contribution in [3.63, 3.8) is 0 Å². The Balaban J connectivity index is 1.65. The van der Waals surface area contributed by atoms with Gasteiger partial charge in [0.25, 0.3) is 5.91 Å². The van der Waals surface area contributed by atoms with E-state index in [1.807, 2.05) is 25.1 Å². The lowest BCUT2D eigenvalue weighted by atomic mass is 10.1. The number of carbonyl (C=O) groups excluding carboxylic acids is 1. The number of carbonyl (C=O) groups is 1. The highest BCUT2D eigenvalue weighted by atomic mass is 19.4. The molecule has 1 amide bonds. The van der Waals surface area contributed by atoms with Crippen LogP contribution in [0, 0.1) is 6.92 Å². The maximum Gasteiger partial charge on any atom is 0.416 e. The van der Waals surface area contributed by atoms with Crippen LogP contribution < -0.4 is 11.1 Å². The summed E-state index contributed by atoms with van der Waals surface area (Å²) in [4.78, 5) is 16.6. The average Bonchev–Trinajstić information content (AvgIpc) is 3.17. The van der Waals surface area contributed by atoms with Crippen LogP contribution in [0.3, 0.4) is 0 Å². The van der Waals surface area contributed by atoms with E-state index in [2.05, 4.69) is 11.4 Å². The highest BCUT2D eigenvalue weighted by Gasteiger charge is 2.29. The fraction of sp³-hybridized carbons (Fsp3) is 0.167. The van der Waals surface area contributed by atoms with Crippen LogP contribution in [0.2, 0.25) is 0 Å². The summed E-state index contributed by atoms with van der Waals surface area (Å²) in [7, 11) is 0. The molecular weight excluding hydrogens is 417 g/mol. The molecule has 0 aliphatic rings. The Morgan fingerprint density at radius 2 is 1.81 bits per heavy atom. The predicted octanol–water partition coefficient (Wildman–Crippen LogP) is 4.96. The lowest BCUT2D eigenvalue weighted by Crippen LogP contribution is -2.15. The molecule has 0 saturated heterocycles. The van der Waals surface area contributed by atoms with Gasteiger partial charge in [-0.2, -0.15) is 13.2 Å². The average molecular weight is 438 g/mol. The minimum atomic E-state index is -4.37. The Kier molecular flexibility index (Phi) is 5.61. The molecule has 4 rings (SSSR count). The van der Waals surface area contributed by atoms with E-state index < -0.39 is 17.6 Å². The fourth-order valence-corrected chi connectivity index (χ4v) is 3.61. The molecule has 2 aromatic heterocycles. The quantitative estimate of drug-likeness (QED) is 0.447. The van der Waals surface area contributed by atoms with Gasteiger partial charge in [-0.25, -0.2) is 4.98 Å². The minimum absolute atomic E-state index is 0.272. The number of primary amides is 1. The number of alkyl halides is 3. The number of rotatable bonds is 6. The number of nitrogens with zero attached hydrogens (tertiary/aromatic N) is 2. The summed E-state index contributed by atoms with van der Waals surface area (Å²) in [5.74, 6) is -0.0786. The van der Waals surface area contributed by atoms with E-state index in [4.69, 9.17) is 10.7 Å². The number of hydrogen-bond acceptors (Lipinski definition) is 3. The number of benzene rings is 2. The molecule has 5 nitrogen and oxygen atoms in total. The summed E-state index contributed by atoms with van der Waals surface area (Å²) >= 11 is 0. The molecule has 0 bridgehead atoms. The van der Waals surface area contributed by atoms with E-state index in [0.29, 0.717) is 23.5 Å². The van der Waals surface area contributed by atoms with Crippen LogP contribution in [0.4, 0.5) is 19.0 Å². The van der Waals surface area contributed by atoms with Crippen molar-refractivity contribution in [2.75, 3.05) is 5.32 Å². The third-order valence-corrected chi connectivity index (χ3v) is 5.18. The lowest BCUT2D eigenvalue weighted by molar-refractivity contribution is -0.137. The maximum absolute atomic E-state index is 12.8. The zero-order valence-corrected chi connectivity index (χ0v) is 17.3. The number of halogens is 3. The van der Waals surface area contributed by atoms with Crippen LogP contribution in [-0.4, -0.2) is 15.3 Å². The summed E-state index contributed by atoms with van der Waals surface area (Å²) in [5, 5.41) is 3.14. The van der Waals surface area contributed by atoms with Gasteiger partial charge < -0.3 is 15.5 Å². The van der Waals surface area contributed by atoms with Crippen molar-refractivity contribution in [2.24, 2.45) is 5.73 Å². The second kappa shape index (κ2) is 8.37. The van der Waals surface area contributed by atoms with Crippen LogP contribution in [0.5, 0.6) is 0 Å². The molecule has 3 N–H and O–H groups in total. The Hall–Kier alpha value is -3.81. The van der Waals surface area contributed by atoms with Crippen molar-refractivity contribution in [2.45, 2.75) is 26.1 Å². The molecule has 0 atom stereocenters. The van der Waals surface area contributed by atoms with Crippen LogP contribution in [0.25, 0.3) is 5.52 Å². The Morgan fingerprint density at radius 1 is 1.06 bits per heavy atom. The Labute approximate surface area is 182 Å². The topological polar surface area (TPSA) is 72.4 Å². The molecule has 0 radical (unpaired) electrons. The summed E-state index contributed by atoms with van der Waals surface area (Å²) in [6.45, 7) is 2.28. The third kappa shape index (κ3) is 4.59. The van der Waals surface area contributed by atoms with Crippen molar-refractivity contribution in [1.29, 1.82) is 0 Å². The number of fused-ring (bicyclic) bond motifs is 1. The fourth-order valence-electron chi connectivity index (χ4n) is 3.61. The van der Waals surface area contributed by atoms with Crippen molar-refractivity contribution in [3.8, 4) is 0 Å². The lowest BCUT2D eigenvalue weighted by Gasteiger charge is -2.12. The van der Waals surface area contributed by atoms with Crippen LogP contribution >= 0.6 is 0 Å². The van der Waals surface area contributed by atoms with E-state index in [-0.39, 0.29) is 6.54 Å². The largest absolute Gasteiger partial charge is 0.416 e. The number of anilines is 1. The van der Waals surface area contributed by atoms with Crippen molar-refractivity contribution < 1.29 is 18.0 Å². The monoisotopic (exact) mass is 438 g/mol. The van der Waals surface area contributed by atoms with Crippen LogP contribution in [0.15, 0.2) is 66.9 Å². The number of amides is 1. The molecule has 0 unspecified atom stereocenters. The van der Waals surface area contributed by atoms with Crippen molar-refractivity contribution >= 4 is 17.2 Å². The molecule has 0 saturated carbocycles. The number of nitrogens with two attached hydrogens (primary N) is 1. The van der Waals surface area contributed by atoms with Gasteiger partial charge in [-0.3, -0.25) is 4.79 Å². The van der Waals surface area contributed by atoms with Gasteiger partial charge in [-0.15, -0.1) is 0 Å². The zero-order chi connectivity index (χ0) is 22.9. The number of hydrogen-bond donors (Lipinski definition) is 2. The highest BCUT2D eigenvalue weighted by molar-refractivity contribution is 5.92. The van der Waals surface area contributed by atoms with Gasteiger partial charge in [0.2, 0.25) is 0 Å². The Bertz CT molecular complexity index is 1280. The molecule has 4 aromatic rings. The molecule has 164 valence electrons. The van der Waals surface area contributed by atoms with Gasteiger partial charge in [0.15, 0.2) is 0 Å². The van der Waals surface area contributed by atoms with Gasteiger partial charge in [-0.05, 0) is 42.3 Å². The standard InChI is InChI=1S/C24H21F3N4O/c1-15-3-2-4-17(11-15)12-19-20-9-10-21(23(28)32)31(20)14-22(30-19)29-13-16-5-7-18(8-6-16)24(25,26)27/h2-11,14,29H,12-13H2,1H3,(H2,28,32). The molecule has 2 heterocycles. The first-order valence-electron chi connectivity index (χ1n) is 9.97. The van der Waals surface area contributed by atoms with E-state index in [0.717, 1.165) is 34.5 Å². The van der Waals surface area contributed by atoms with E-state index >= 15 is 0 Å². The van der Waals surface area contributed by atoms with Crippen molar-refractivity contribution in [3.05, 3.63) is 101 Å². The molecular formula is C24H21F3N4O. The molecule has 0 aliphatic carbocycles. The first-order valence-corrected chi connectivity index (χ1v) is 9.97. The smallest absolute Gasteiger partial charge is 0.365 e. The molecule has 8 heteroatoms. The first kappa shape index (κ1) is 21.4. The number of aryl methyl sites for hydroxylation is 1. The summed E-state index contributed by atoms with van der Waals surface area (Å²) in [5.41, 5.74) is 9.53. The summed E-state index contributed by atoms with van der Waals surface area (Å²) in [6.07, 6.45) is -2.16. The predicted molar refractivity (Wildman–Crippen MR) is 116 cm³/mol. The Morgan fingerprint density at radius 3 is 2.47 bits per heavy atom. The van der Waals surface area contributed by atoms with E-state index in [1.54, 1.807) is 22.7 Å². The van der Waals surface area contributed by atoms with Gasteiger partial charge >= 0.3 is 6.18 Å². The molecule has 2 aromatic carbocycles. The van der Waals surface area contributed by atoms with Gasteiger partial charge in [-0.1, -0.05) is 42.0 Å². The summed E-state index contributed by atoms with van der Waals surface area (Å²) in [6, 6.07) is 16.5. The summed E-state index contributed by atoms with van der Waals surface area (Å²) < 4.78 is 40.0. The second-order valence-corrected chi connectivity index (χ2v) is 7.62. The first-order chi connectivity index (χ1) is 15.2. The molecule has 0 fully saturated rings. The maximum atomic E-state index is 12.8. The van der Waals surface area contributed by atoms with E-state index in [1.165, 1.54) is 12.1 Å². The normalized spacial score (nSPS) is 11.6. The highest BCUT2D eigenvalue weighted by Crippen LogP contribution is 2.29. The number of nitrogens with one attached hydrogen (secondary N) is 1. The molecule has 0 aliphatic heterocycles. The number of aromatic nitrogens is 2. The van der Waals surface area contributed by atoms with Crippen LogP contribution in [0.1, 0.15) is 38.4 Å². The van der Waals surface area contributed by atoms with Gasteiger partial charge in [0, 0.05) is 13.0 Å². The molecule has 32 heavy (non-hydrogen) atoms. The second-order valence-electron chi connectivity index (χ2n) is 7.62. The molecule has 0 spiro atoms. The zero-order valence-electron chi connectivity index (χ0n) is 17.3. The van der Waals surface area contributed by atoms with Crippen molar-refractivity contribution in [1.82, 2.24) is 9.38 Å². The van der Waals surface area contributed by atoms with Gasteiger partial charge in [0.05, 0.1) is 23.0 Å². The SMILES string of the molecule is Cc1cccc(Cc2nc(NCc3ccc(C(F)(F)F)cc3)cn3c(C(N)=O)ccc23)c1. The van der Waals surface area contributed by atoms with E-state index in [9.17, 15) is 18.0 Å².